The summed E-state index contributed by atoms with van der Waals surface area (Å²) in [5.74, 6) is 0.647. The molecule has 4 heteroatoms. The molecular formula is C58H36N4. The number of aromatic nitrogens is 4. The molecule has 0 spiro atoms. The van der Waals surface area contributed by atoms with Gasteiger partial charge >= 0.3 is 0 Å². The lowest BCUT2D eigenvalue weighted by molar-refractivity contribution is 0.995. The van der Waals surface area contributed by atoms with Crippen molar-refractivity contribution in [3.63, 3.8) is 0 Å². The Balaban J connectivity index is 0.979. The maximum Gasteiger partial charge on any atom is 0.235 e. The Morgan fingerprint density at radius 1 is 0.242 bits per heavy atom. The first-order valence-electron chi connectivity index (χ1n) is 21.2. The molecule has 288 valence electrons. The topological polar surface area (TPSA) is 35.6 Å². The second-order valence-electron chi connectivity index (χ2n) is 16.2. The van der Waals surface area contributed by atoms with Gasteiger partial charge in [-0.1, -0.05) is 164 Å². The fourth-order valence-electron chi connectivity index (χ4n) is 9.88. The van der Waals surface area contributed by atoms with Crippen molar-refractivity contribution in [2.24, 2.45) is 0 Å². The predicted octanol–water partition coefficient (Wildman–Crippen LogP) is 15.1. The zero-order valence-corrected chi connectivity index (χ0v) is 33.6. The normalized spacial score (nSPS) is 11.9. The summed E-state index contributed by atoms with van der Waals surface area (Å²) >= 11 is 0. The first-order valence-corrected chi connectivity index (χ1v) is 21.2. The zero-order chi connectivity index (χ0) is 40.7. The molecule has 10 aromatic carbocycles. The van der Waals surface area contributed by atoms with Crippen LogP contribution < -0.4 is 0 Å². The van der Waals surface area contributed by atoms with Crippen molar-refractivity contribution in [3.05, 3.63) is 218 Å². The van der Waals surface area contributed by atoms with Gasteiger partial charge in [0.1, 0.15) is 0 Å². The van der Waals surface area contributed by atoms with E-state index in [4.69, 9.17) is 9.97 Å². The van der Waals surface area contributed by atoms with Gasteiger partial charge in [-0.2, -0.15) is 0 Å². The Bertz CT molecular complexity index is 3820. The number of para-hydroxylation sites is 2. The van der Waals surface area contributed by atoms with Crippen molar-refractivity contribution >= 4 is 75.9 Å². The standard InChI is InChI=1S/C58H36N4/c1-3-15-37(16-4-1)52-36-53(38-17-5-2-6-18-38)60-58(59-52)62-55-26-14-12-24-48(55)51-34-40(28-32-57(51)62)39-27-31-56-50(33-39)47-23-11-13-25-54(47)61(56)41-29-30-46-44-21-8-7-19-42(44)43-20-9-10-22-45(43)49(46)35-41/h1-36H. The smallest absolute Gasteiger partial charge is 0.235 e. The summed E-state index contributed by atoms with van der Waals surface area (Å²) < 4.78 is 4.65. The van der Waals surface area contributed by atoms with Crippen LogP contribution in [0.4, 0.5) is 0 Å². The molecule has 0 bridgehead atoms. The molecule has 13 aromatic rings. The molecule has 0 aliphatic heterocycles. The molecule has 0 radical (unpaired) electrons. The Hall–Kier alpha value is -8.34. The van der Waals surface area contributed by atoms with Gasteiger partial charge in [0.2, 0.25) is 5.95 Å². The van der Waals surface area contributed by atoms with E-state index in [9.17, 15) is 0 Å². The van der Waals surface area contributed by atoms with Crippen LogP contribution in [0.25, 0.3) is 121 Å². The largest absolute Gasteiger partial charge is 0.309 e. The second-order valence-corrected chi connectivity index (χ2v) is 16.2. The number of nitrogens with zero attached hydrogens (tertiary/aromatic N) is 4. The zero-order valence-electron chi connectivity index (χ0n) is 33.6. The van der Waals surface area contributed by atoms with E-state index in [-0.39, 0.29) is 0 Å². The molecule has 4 nitrogen and oxygen atoms in total. The minimum Gasteiger partial charge on any atom is -0.309 e. The van der Waals surface area contributed by atoms with Crippen LogP contribution in [0, 0.1) is 0 Å². The highest BCUT2D eigenvalue weighted by atomic mass is 15.2. The van der Waals surface area contributed by atoms with Crippen LogP contribution in [0.15, 0.2) is 218 Å². The number of hydrogen-bond donors (Lipinski definition) is 0. The van der Waals surface area contributed by atoms with E-state index >= 15 is 0 Å². The SMILES string of the molecule is c1ccc(-c2cc(-c3ccccc3)nc(-n3c4ccccc4c4cc(-c5ccc6c(c5)c5ccccc5n6-c5ccc6c7ccccc7c7ccccc7c6c5)ccc43)n2)cc1. The Morgan fingerprint density at radius 2 is 0.645 bits per heavy atom. The molecule has 0 amide bonds. The summed E-state index contributed by atoms with van der Waals surface area (Å²) in [5, 5.41) is 12.4. The minimum atomic E-state index is 0.647. The van der Waals surface area contributed by atoms with Crippen LogP contribution in [0.5, 0.6) is 0 Å². The van der Waals surface area contributed by atoms with Crippen LogP contribution in [0.2, 0.25) is 0 Å². The van der Waals surface area contributed by atoms with E-state index < -0.39 is 0 Å². The maximum absolute atomic E-state index is 5.24. The molecule has 0 fully saturated rings. The molecule has 0 unspecified atom stereocenters. The summed E-state index contributed by atoms with van der Waals surface area (Å²) in [4.78, 5) is 10.5. The van der Waals surface area contributed by atoms with Gasteiger partial charge in [-0.05, 0) is 98.0 Å². The van der Waals surface area contributed by atoms with Gasteiger partial charge in [-0.15, -0.1) is 0 Å². The summed E-state index contributed by atoms with van der Waals surface area (Å²) in [6.07, 6.45) is 0. The number of rotatable bonds is 5. The van der Waals surface area contributed by atoms with Crippen molar-refractivity contribution in [1.82, 2.24) is 19.1 Å². The van der Waals surface area contributed by atoms with Crippen LogP contribution in [0.1, 0.15) is 0 Å². The first kappa shape index (κ1) is 34.5. The molecular weight excluding hydrogens is 753 g/mol. The van der Waals surface area contributed by atoms with E-state index in [2.05, 4.69) is 215 Å². The van der Waals surface area contributed by atoms with Gasteiger partial charge in [0, 0.05) is 38.4 Å². The summed E-state index contributed by atoms with van der Waals surface area (Å²) in [6, 6.07) is 78.6. The lowest BCUT2D eigenvalue weighted by atomic mass is 9.94. The average molecular weight is 789 g/mol. The van der Waals surface area contributed by atoms with Gasteiger partial charge in [0.15, 0.2) is 0 Å². The van der Waals surface area contributed by atoms with Crippen molar-refractivity contribution in [2.45, 2.75) is 0 Å². The number of hydrogen-bond acceptors (Lipinski definition) is 2. The van der Waals surface area contributed by atoms with Crippen LogP contribution in [-0.4, -0.2) is 19.1 Å². The fourth-order valence-corrected chi connectivity index (χ4v) is 9.88. The maximum atomic E-state index is 5.24. The van der Waals surface area contributed by atoms with Crippen molar-refractivity contribution in [2.75, 3.05) is 0 Å². The summed E-state index contributed by atoms with van der Waals surface area (Å²) in [6.45, 7) is 0. The molecule has 0 saturated carbocycles. The van der Waals surface area contributed by atoms with Crippen molar-refractivity contribution in [1.29, 1.82) is 0 Å². The highest BCUT2D eigenvalue weighted by Crippen LogP contribution is 2.41. The third-order valence-corrected chi connectivity index (χ3v) is 12.7. The molecule has 0 N–H and O–H groups in total. The Morgan fingerprint density at radius 3 is 1.18 bits per heavy atom. The van der Waals surface area contributed by atoms with E-state index in [1.54, 1.807) is 0 Å². The second kappa shape index (κ2) is 13.6. The van der Waals surface area contributed by atoms with Crippen molar-refractivity contribution < 1.29 is 0 Å². The van der Waals surface area contributed by atoms with E-state index in [0.717, 1.165) is 55.6 Å². The van der Waals surface area contributed by atoms with E-state index in [1.807, 2.05) is 12.1 Å². The summed E-state index contributed by atoms with van der Waals surface area (Å²) in [5.41, 5.74) is 11.9. The third kappa shape index (κ3) is 5.27. The quantitative estimate of drug-likeness (QED) is 0.163. The lowest BCUT2D eigenvalue weighted by Gasteiger charge is -2.14. The molecule has 62 heavy (non-hydrogen) atoms. The van der Waals surface area contributed by atoms with Gasteiger partial charge in [-0.25, -0.2) is 9.97 Å². The first-order chi connectivity index (χ1) is 30.7. The van der Waals surface area contributed by atoms with Crippen molar-refractivity contribution in [3.8, 4) is 45.3 Å². The van der Waals surface area contributed by atoms with E-state index in [1.165, 1.54) is 59.7 Å². The lowest BCUT2D eigenvalue weighted by Crippen LogP contribution is -2.03. The number of fused-ring (bicyclic) bond motifs is 12. The molecule has 0 atom stereocenters. The molecule has 0 aliphatic carbocycles. The molecule has 3 heterocycles. The molecule has 3 aromatic heterocycles. The van der Waals surface area contributed by atoms with Crippen LogP contribution in [-0.2, 0) is 0 Å². The highest BCUT2D eigenvalue weighted by Gasteiger charge is 2.19. The minimum absolute atomic E-state index is 0.647. The molecule has 0 saturated heterocycles. The predicted molar refractivity (Wildman–Crippen MR) is 260 cm³/mol. The number of benzene rings is 10. The van der Waals surface area contributed by atoms with Gasteiger partial charge in [0.05, 0.1) is 33.5 Å². The summed E-state index contributed by atoms with van der Waals surface area (Å²) in [7, 11) is 0. The van der Waals surface area contributed by atoms with Crippen LogP contribution >= 0.6 is 0 Å². The van der Waals surface area contributed by atoms with Gasteiger partial charge in [0.25, 0.3) is 0 Å². The van der Waals surface area contributed by atoms with Crippen LogP contribution in [0.3, 0.4) is 0 Å². The molecule has 0 aliphatic rings. The molecule has 13 rings (SSSR count). The monoisotopic (exact) mass is 788 g/mol. The highest BCUT2D eigenvalue weighted by molar-refractivity contribution is 6.25. The van der Waals surface area contributed by atoms with E-state index in [0.29, 0.717) is 5.95 Å². The van der Waals surface area contributed by atoms with Gasteiger partial charge in [-0.3, -0.25) is 4.57 Å². The Labute approximate surface area is 357 Å². The van der Waals surface area contributed by atoms with Gasteiger partial charge < -0.3 is 4.57 Å². The fraction of sp³-hybridized carbons (Fsp3) is 0. The average Bonchev–Trinajstić information content (AvgIpc) is 3.86. The Kier molecular flexibility index (Phi) is 7.57. The third-order valence-electron chi connectivity index (χ3n) is 12.7.